The first-order valence-corrected chi connectivity index (χ1v) is 11.0. The van der Waals surface area contributed by atoms with E-state index in [0.717, 1.165) is 30.7 Å². The first-order valence-electron chi connectivity index (χ1n) is 10.2. The van der Waals surface area contributed by atoms with Gasteiger partial charge in [-0.3, -0.25) is 14.9 Å². The van der Waals surface area contributed by atoms with E-state index in [-0.39, 0.29) is 17.7 Å². The second-order valence-corrected chi connectivity index (χ2v) is 8.09. The second-order valence-electron chi connectivity index (χ2n) is 7.02. The lowest BCUT2D eigenvalue weighted by Crippen LogP contribution is -2.22. The molecule has 0 saturated heterocycles. The summed E-state index contributed by atoms with van der Waals surface area (Å²) in [5.41, 5.74) is 2.31. The molecule has 2 aromatic carbocycles. The number of nitrogens with one attached hydrogen (secondary N) is 2. The van der Waals surface area contributed by atoms with Crippen molar-refractivity contribution in [3.8, 4) is 0 Å². The lowest BCUT2D eigenvalue weighted by atomic mass is 10.0. The van der Waals surface area contributed by atoms with Gasteiger partial charge in [0.05, 0.1) is 0 Å². The molecule has 6 nitrogen and oxygen atoms in total. The number of hydrogen-bond donors (Lipinski definition) is 2. The monoisotopic (exact) mass is 422 g/mol. The summed E-state index contributed by atoms with van der Waals surface area (Å²) < 4.78 is 0. The first kappa shape index (κ1) is 21.6. The van der Waals surface area contributed by atoms with Gasteiger partial charge in [0.25, 0.3) is 5.91 Å². The van der Waals surface area contributed by atoms with Gasteiger partial charge in [0.2, 0.25) is 11.0 Å². The maximum absolute atomic E-state index is 12.6. The van der Waals surface area contributed by atoms with Crippen molar-refractivity contribution in [2.75, 3.05) is 10.6 Å². The van der Waals surface area contributed by atoms with Gasteiger partial charge in [-0.25, -0.2) is 0 Å². The molecular weight excluding hydrogens is 396 g/mol. The number of carbonyl (C=O) groups excluding carboxylic acids is 2. The minimum Gasteiger partial charge on any atom is -0.326 e. The number of amides is 2. The molecule has 0 unspecified atom stereocenters. The second kappa shape index (κ2) is 10.6. The quantitative estimate of drug-likeness (QED) is 0.511. The number of aromatic nitrogens is 2. The zero-order valence-electron chi connectivity index (χ0n) is 17.2. The van der Waals surface area contributed by atoms with Gasteiger partial charge in [-0.2, -0.15) is 0 Å². The normalized spacial score (nSPS) is 10.8. The Bertz CT molecular complexity index is 984. The van der Waals surface area contributed by atoms with Crippen molar-refractivity contribution >= 4 is 34.0 Å². The van der Waals surface area contributed by atoms with Crippen LogP contribution in [0, 0.1) is 5.92 Å². The van der Waals surface area contributed by atoms with Crippen LogP contribution in [0.1, 0.15) is 47.6 Å². The molecule has 0 atom stereocenters. The first-order chi connectivity index (χ1) is 14.6. The van der Waals surface area contributed by atoms with Crippen LogP contribution in [0.4, 0.5) is 10.8 Å². The van der Waals surface area contributed by atoms with Gasteiger partial charge < -0.3 is 5.32 Å². The summed E-state index contributed by atoms with van der Waals surface area (Å²) in [6.07, 6.45) is 3.22. The Morgan fingerprint density at radius 3 is 2.43 bits per heavy atom. The van der Waals surface area contributed by atoms with Crippen molar-refractivity contribution in [1.29, 1.82) is 0 Å². The van der Waals surface area contributed by atoms with Crippen molar-refractivity contribution in [3.05, 3.63) is 70.7 Å². The molecule has 156 valence electrons. The average Bonchev–Trinajstić information content (AvgIpc) is 3.21. The topological polar surface area (TPSA) is 84.0 Å². The van der Waals surface area contributed by atoms with Gasteiger partial charge in [-0.1, -0.05) is 61.6 Å². The van der Waals surface area contributed by atoms with Crippen LogP contribution in [0.15, 0.2) is 54.6 Å². The number of rotatable bonds is 9. The van der Waals surface area contributed by atoms with Crippen molar-refractivity contribution in [1.82, 2.24) is 10.2 Å². The number of carbonyl (C=O) groups is 2. The maximum atomic E-state index is 12.6. The van der Waals surface area contributed by atoms with E-state index >= 15 is 0 Å². The van der Waals surface area contributed by atoms with Crippen LogP contribution < -0.4 is 10.6 Å². The summed E-state index contributed by atoms with van der Waals surface area (Å²) in [6, 6.07) is 17.1. The van der Waals surface area contributed by atoms with E-state index in [2.05, 4.69) is 33.0 Å². The highest BCUT2D eigenvalue weighted by Gasteiger charge is 2.15. The van der Waals surface area contributed by atoms with E-state index in [1.165, 1.54) is 16.9 Å². The number of benzene rings is 2. The van der Waals surface area contributed by atoms with Crippen molar-refractivity contribution in [2.24, 2.45) is 5.92 Å². The molecule has 3 aromatic rings. The van der Waals surface area contributed by atoms with E-state index in [0.29, 0.717) is 16.4 Å². The van der Waals surface area contributed by atoms with Gasteiger partial charge in [-0.05, 0) is 43.0 Å². The van der Waals surface area contributed by atoms with Crippen LogP contribution in [0.5, 0.6) is 0 Å². The molecule has 0 saturated carbocycles. The van der Waals surface area contributed by atoms with E-state index < -0.39 is 0 Å². The summed E-state index contributed by atoms with van der Waals surface area (Å²) >= 11 is 1.38. The lowest BCUT2D eigenvalue weighted by molar-refractivity contribution is -0.120. The predicted octanol–water partition coefficient (Wildman–Crippen LogP) is 4.95. The summed E-state index contributed by atoms with van der Waals surface area (Å²) in [6.45, 7) is 3.99. The Morgan fingerprint density at radius 1 is 0.933 bits per heavy atom. The Hall–Kier alpha value is -3.06. The minimum absolute atomic E-state index is 0.0234. The van der Waals surface area contributed by atoms with Crippen molar-refractivity contribution in [3.63, 3.8) is 0 Å². The molecule has 0 bridgehead atoms. The highest BCUT2D eigenvalue weighted by atomic mass is 32.1. The van der Waals surface area contributed by atoms with E-state index in [9.17, 15) is 9.59 Å². The SMILES string of the molecule is CCC(CC)C(=O)Nc1cccc(C(=O)Nc2nnc(CCc3ccccc3)s2)c1. The van der Waals surface area contributed by atoms with Crippen LogP contribution in [0.25, 0.3) is 0 Å². The van der Waals surface area contributed by atoms with Crippen LogP contribution in [0.2, 0.25) is 0 Å². The zero-order chi connectivity index (χ0) is 21.3. The zero-order valence-corrected chi connectivity index (χ0v) is 18.0. The van der Waals surface area contributed by atoms with Gasteiger partial charge in [0.1, 0.15) is 5.01 Å². The smallest absolute Gasteiger partial charge is 0.257 e. The van der Waals surface area contributed by atoms with Crippen LogP contribution in [-0.2, 0) is 17.6 Å². The molecule has 0 aliphatic rings. The summed E-state index contributed by atoms with van der Waals surface area (Å²) in [4.78, 5) is 24.9. The molecule has 1 aromatic heterocycles. The molecule has 7 heteroatoms. The van der Waals surface area contributed by atoms with E-state index in [1.54, 1.807) is 24.3 Å². The summed E-state index contributed by atoms with van der Waals surface area (Å²) in [7, 11) is 0. The molecule has 0 aliphatic carbocycles. The molecule has 0 spiro atoms. The lowest BCUT2D eigenvalue weighted by Gasteiger charge is -2.13. The number of nitrogens with zero attached hydrogens (tertiary/aromatic N) is 2. The minimum atomic E-state index is -0.278. The Labute approximate surface area is 180 Å². The van der Waals surface area contributed by atoms with Crippen LogP contribution in [-0.4, -0.2) is 22.0 Å². The molecular formula is C23H26N4O2S. The third kappa shape index (κ3) is 5.97. The average molecular weight is 423 g/mol. The fraction of sp³-hybridized carbons (Fsp3) is 0.304. The summed E-state index contributed by atoms with van der Waals surface area (Å²) in [5.74, 6) is -0.331. The van der Waals surface area contributed by atoms with Gasteiger partial charge in [0, 0.05) is 23.6 Å². The molecule has 2 amide bonds. The van der Waals surface area contributed by atoms with Crippen LogP contribution >= 0.6 is 11.3 Å². The maximum Gasteiger partial charge on any atom is 0.257 e. The number of aryl methyl sites for hydroxylation is 2. The van der Waals surface area contributed by atoms with E-state index in [4.69, 9.17) is 0 Å². The van der Waals surface area contributed by atoms with Gasteiger partial charge in [-0.15, -0.1) is 10.2 Å². The molecule has 0 aliphatic heterocycles. The predicted molar refractivity (Wildman–Crippen MR) is 121 cm³/mol. The molecule has 30 heavy (non-hydrogen) atoms. The van der Waals surface area contributed by atoms with Crippen molar-refractivity contribution < 1.29 is 9.59 Å². The molecule has 1 heterocycles. The Balaban J connectivity index is 1.58. The van der Waals surface area contributed by atoms with Gasteiger partial charge >= 0.3 is 0 Å². The fourth-order valence-electron chi connectivity index (χ4n) is 3.11. The Morgan fingerprint density at radius 2 is 1.70 bits per heavy atom. The van der Waals surface area contributed by atoms with E-state index in [1.807, 2.05) is 32.0 Å². The number of anilines is 2. The third-order valence-corrected chi connectivity index (χ3v) is 5.80. The molecule has 2 N–H and O–H groups in total. The molecule has 0 radical (unpaired) electrons. The Kier molecular flexibility index (Phi) is 7.68. The summed E-state index contributed by atoms with van der Waals surface area (Å²) in [5, 5.41) is 15.3. The molecule has 3 rings (SSSR count). The highest BCUT2D eigenvalue weighted by molar-refractivity contribution is 7.15. The van der Waals surface area contributed by atoms with Crippen LogP contribution in [0.3, 0.4) is 0 Å². The molecule has 0 fully saturated rings. The third-order valence-electron chi connectivity index (χ3n) is 4.91. The largest absolute Gasteiger partial charge is 0.326 e. The van der Waals surface area contributed by atoms with Gasteiger partial charge in [0.15, 0.2) is 0 Å². The highest BCUT2D eigenvalue weighted by Crippen LogP contribution is 2.20. The van der Waals surface area contributed by atoms with Crippen molar-refractivity contribution in [2.45, 2.75) is 39.5 Å². The number of hydrogen-bond acceptors (Lipinski definition) is 5. The standard InChI is InChI=1S/C23H26N4O2S/c1-3-17(4-2)21(28)24-19-12-8-11-18(15-19)22(29)25-23-27-26-20(30-23)14-13-16-9-6-5-7-10-16/h5-12,15,17H,3-4,13-14H2,1-2H3,(H,24,28)(H,25,27,29). The fourth-order valence-corrected chi connectivity index (χ4v) is 3.85.